The Balaban J connectivity index is 0.00000145. The minimum atomic E-state index is -0.285. The second-order valence-corrected chi connectivity index (χ2v) is 8.41. The summed E-state index contributed by atoms with van der Waals surface area (Å²) in [6, 6.07) is 5.54. The Kier molecular flexibility index (Phi) is 10.3. The number of rotatable bonds is 8. The van der Waals surface area contributed by atoms with E-state index in [0.717, 1.165) is 10.5 Å². The van der Waals surface area contributed by atoms with Crippen LogP contribution in [-0.4, -0.2) is 47.2 Å². The third-order valence-corrected chi connectivity index (χ3v) is 6.18. The van der Waals surface area contributed by atoms with Crippen LogP contribution in [0.2, 0.25) is 10.0 Å². The van der Waals surface area contributed by atoms with E-state index in [4.69, 9.17) is 37.5 Å². The molecule has 1 aromatic carbocycles. The van der Waals surface area contributed by atoms with E-state index in [9.17, 15) is 0 Å². The smallest absolute Gasteiger partial charge is 0.136 e. The number of ether oxygens (including phenoxy) is 2. The minimum Gasteiger partial charge on any atom is -0.376 e. The van der Waals surface area contributed by atoms with E-state index in [2.05, 4.69) is 10.6 Å². The van der Waals surface area contributed by atoms with Gasteiger partial charge in [-0.2, -0.15) is 10.6 Å². The topological polar surface area (TPSA) is 57.5 Å². The lowest BCUT2D eigenvalue weighted by Gasteiger charge is -2.29. The predicted octanol–water partition coefficient (Wildman–Crippen LogP) is 4.97. The van der Waals surface area contributed by atoms with E-state index in [-0.39, 0.29) is 23.7 Å². The molecule has 1 aliphatic heterocycles. The number of nitrogens with zero attached hydrogens (tertiary/aromatic N) is 2. The Bertz CT molecular complexity index is 762. The van der Waals surface area contributed by atoms with Crippen LogP contribution in [-0.2, 0) is 20.9 Å². The molecule has 2 aromatic rings. The van der Waals surface area contributed by atoms with Gasteiger partial charge in [-0.05, 0) is 37.6 Å². The molecule has 0 radical (unpaired) electrons. The highest BCUT2D eigenvalue weighted by atomic mass is 35.5. The highest BCUT2D eigenvalue weighted by Crippen LogP contribution is 2.34. The maximum atomic E-state index is 6.36. The predicted molar refractivity (Wildman–Crippen MR) is 119 cm³/mol. The van der Waals surface area contributed by atoms with Crippen LogP contribution in [0.1, 0.15) is 26.3 Å². The van der Waals surface area contributed by atoms with Crippen LogP contribution in [0.4, 0.5) is 0 Å². The van der Waals surface area contributed by atoms with Gasteiger partial charge >= 0.3 is 0 Å². The van der Waals surface area contributed by atoms with Gasteiger partial charge in [-0.1, -0.05) is 48.8 Å². The summed E-state index contributed by atoms with van der Waals surface area (Å²) in [6.45, 7) is 9.17. The molecule has 1 aliphatic rings. The fourth-order valence-electron chi connectivity index (χ4n) is 2.73. The molecule has 4 atom stereocenters. The molecule has 0 saturated carbocycles. The first kappa shape index (κ1) is 24.5. The van der Waals surface area contributed by atoms with Crippen LogP contribution < -0.4 is 5.48 Å². The Morgan fingerprint density at radius 2 is 2.10 bits per heavy atom. The number of aromatic nitrogens is 2. The number of benzene rings is 1. The third-order valence-electron chi connectivity index (χ3n) is 4.27. The Hall–Kier alpha value is -0.800. The summed E-state index contributed by atoms with van der Waals surface area (Å²) < 4.78 is 14.0. The minimum absolute atomic E-state index is 0.0497. The van der Waals surface area contributed by atoms with Crippen molar-refractivity contribution in [2.24, 2.45) is 0 Å². The van der Waals surface area contributed by atoms with Crippen LogP contribution in [0, 0.1) is 6.92 Å². The third kappa shape index (κ3) is 7.14. The molecular weight excluding hydrogens is 433 g/mol. The fourth-order valence-corrected chi connectivity index (χ4v) is 4.24. The van der Waals surface area contributed by atoms with E-state index in [0.29, 0.717) is 23.1 Å². The van der Waals surface area contributed by atoms with Gasteiger partial charge < -0.3 is 9.47 Å². The molecule has 1 fully saturated rings. The largest absolute Gasteiger partial charge is 0.376 e. The van der Waals surface area contributed by atoms with E-state index in [1.54, 1.807) is 24.9 Å². The van der Waals surface area contributed by atoms with Gasteiger partial charge in [-0.3, -0.25) is 9.52 Å². The molecule has 1 N–H and O–H groups in total. The van der Waals surface area contributed by atoms with Crippen LogP contribution in [0.25, 0.3) is 0 Å². The Morgan fingerprint density at radius 3 is 2.66 bits per heavy atom. The summed E-state index contributed by atoms with van der Waals surface area (Å²) in [5, 5.41) is 5.40. The van der Waals surface area contributed by atoms with E-state index in [1.165, 1.54) is 0 Å². The van der Waals surface area contributed by atoms with Crippen LogP contribution in [0.15, 0.2) is 35.5 Å². The molecule has 6 nitrogen and oxygen atoms in total. The standard InChI is InChI=1S/C18H23Cl2N3O3S.C2H6/c1-11-7-21-23(9-11)10-17(24-3)18(25-16-8-22-26-12(16)2)27-13-4-5-14(19)15(20)6-13;1-2/h4-7,9,12,16-18,22H,8,10H2,1-3H3;1-2H3/t12?,16?,17-,18?;/m0./s1. The van der Waals surface area contributed by atoms with Crippen LogP contribution in [0.5, 0.6) is 0 Å². The summed E-state index contributed by atoms with van der Waals surface area (Å²) in [5.41, 5.74) is 3.70. The molecule has 29 heavy (non-hydrogen) atoms. The number of nitrogens with one attached hydrogen (secondary N) is 1. The summed E-state index contributed by atoms with van der Waals surface area (Å²) in [5.74, 6) is 0. The maximum Gasteiger partial charge on any atom is 0.136 e. The van der Waals surface area contributed by atoms with Crippen molar-refractivity contribution in [1.82, 2.24) is 15.3 Å². The summed E-state index contributed by atoms with van der Waals surface area (Å²) in [7, 11) is 1.68. The van der Waals surface area contributed by atoms with Crippen molar-refractivity contribution >= 4 is 35.0 Å². The average Bonchev–Trinajstić information content (AvgIpc) is 3.31. The first-order chi connectivity index (χ1) is 14.0. The highest BCUT2D eigenvalue weighted by molar-refractivity contribution is 7.99. The van der Waals surface area contributed by atoms with Crippen LogP contribution in [0.3, 0.4) is 0 Å². The monoisotopic (exact) mass is 461 g/mol. The van der Waals surface area contributed by atoms with Gasteiger partial charge in [0.25, 0.3) is 0 Å². The van der Waals surface area contributed by atoms with Crippen LogP contribution >= 0.6 is 35.0 Å². The lowest BCUT2D eigenvalue weighted by atomic mass is 10.2. The summed E-state index contributed by atoms with van der Waals surface area (Å²) in [4.78, 5) is 6.36. The number of hydrogen-bond acceptors (Lipinski definition) is 6. The lowest BCUT2D eigenvalue weighted by Crippen LogP contribution is -2.38. The van der Waals surface area contributed by atoms with Gasteiger partial charge in [0.15, 0.2) is 0 Å². The molecule has 1 aromatic heterocycles. The maximum absolute atomic E-state index is 6.36. The van der Waals surface area contributed by atoms with E-state index in [1.807, 2.05) is 56.9 Å². The van der Waals surface area contributed by atoms with Gasteiger partial charge in [-0.25, -0.2) is 0 Å². The average molecular weight is 462 g/mol. The van der Waals surface area contributed by atoms with E-state index >= 15 is 0 Å². The van der Waals surface area contributed by atoms with Crippen molar-refractivity contribution in [1.29, 1.82) is 0 Å². The van der Waals surface area contributed by atoms with Gasteiger partial charge in [0, 0.05) is 18.2 Å². The Labute approximate surface area is 187 Å². The normalized spacial score (nSPS) is 20.8. The van der Waals surface area contributed by atoms with Crippen molar-refractivity contribution in [3.8, 4) is 0 Å². The number of hydroxylamine groups is 1. The van der Waals surface area contributed by atoms with Crippen molar-refractivity contribution in [2.75, 3.05) is 13.7 Å². The number of halogens is 2. The molecule has 9 heteroatoms. The summed E-state index contributed by atoms with van der Waals surface area (Å²) in [6.07, 6.45) is 3.45. The zero-order valence-corrected chi connectivity index (χ0v) is 19.7. The van der Waals surface area contributed by atoms with Gasteiger partial charge in [-0.15, -0.1) is 0 Å². The first-order valence-electron chi connectivity index (χ1n) is 9.64. The lowest BCUT2D eigenvalue weighted by molar-refractivity contribution is -0.0723. The van der Waals surface area contributed by atoms with Gasteiger partial charge in [0.1, 0.15) is 23.7 Å². The first-order valence-corrected chi connectivity index (χ1v) is 11.3. The Morgan fingerprint density at radius 1 is 1.34 bits per heavy atom. The van der Waals surface area contributed by atoms with Crippen molar-refractivity contribution in [2.45, 2.75) is 62.9 Å². The molecular formula is C20H29Cl2N3O3S. The quantitative estimate of drug-likeness (QED) is 0.442. The molecule has 3 unspecified atom stereocenters. The van der Waals surface area contributed by atoms with Gasteiger partial charge in [0.2, 0.25) is 0 Å². The summed E-state index contributed by atoms with van der Waals surface area (Å²) >= 11 is 13.8. The second-order valence-electron chi connectivity index (χ2n) is 6.42. The number of hydrogen-bond donors (Lipinski definition) is 1. The van der Waals surface area contributed by atoms with E-state index < -0.39 is 0 Å². The van der Waals surface area contributed by atoms with Crippen molar-refractivity contribution < 1.29 is 14.3 Å². The molecule has 0 bridgehead atoms. The molecule has 0 aliphatic carbocycles. The zero-order chi connectivity index (χ0) is 21.4. The zero-order valence-electron chi connectivity index (χ0n) is 17.4. The molecule has 0 spiro atoms. The van der Waals surface area contributed by atoms with Gasteiger partial charge in [0.05, 0.1) is 29.3 Å². The number of thioether (sulfide) groups is 1. The molecule has 0 amide bonds. The second kappa shape index (κ2) is 12.2. The van der Waals surface area contributed by atoms with Crippen molar-refractivity contribution in [3.63, 3.8) is 0 Å². The number of aryl methyl sites for hydroxylation is 1. The molecule has 2 heterocycles. The SMILES string of the molecule is CC.CO[C@@H](Cn1cc(C)cn1)C(OC1CNOC1C)Sc1ccc(Cl)c(Cl)c1. The highest BCUT2D eigenvalue weighted by Gasteiger charge is 2.33. The van der Waals surface area contributed by atoms with Crippen molar-refractivity contribution in [3.05, 3.63) is 46.2 Å². The molecule has 1 saturated heterocycles. The molecule has 162 valence electrons. The number of methoxy groups -OCH3 is 1. The fraction of sp³-hybridized carbons (Fsp3) is 0.550. The molecule has 3 rings (SSSR count).